The molecule has 1 aliphatic carbocycles. The molecule has 3 atom stereocenters. The molecule has 1 unspecified atom stereocenters. The summed E-state index contributed by atoms with van der Waals surface area (Å²) in [6.45, 7) is 3.11. The minimum absolute atomic E-state index is 0.239. The van der Waals surface area contributed by atoms with Crippen LogP contribution >= 0.6 is 0 Å². The molecule has 0 radical (unpaired) electrons. The Hall–Kier alpha value is -2.04. The molecule has 4 heteroatoms. The first-order valence-electron chi connectivity index (χ1n) is 11.7. The monoisotopic (exact) mass is 406 g/mol. The molecule has 3 aliphatic rings. The number of hydrogen-bond acceptors (Lipinski definition) is 4. The average Bonchev–Trinajstić information content (AvgIpc) is 3.38. The van der Waals surface area contributed by atoms with E-state index >= 15 is 0 Å². The van der Waals surface area contributed by atoms with Crippen LogP contribution in [0.4, 0.5) is 0 Å². The van der Waals surface area contributed by atoms with Crippen LogP contribution in [0.1, 0.15) is 68.2 Å². The highest BCUT2D eigenvalue weighted by Crippen LogP contribution is 2.42. The lowest BCUT2D eigenvalue weighted by Gasteiger charge is -2.39. The molecule has 160 valence electrons. The first kappa shape index (κ1) is 19.9. The van der Waals surface area contributed by atoms with Gasteiger partial charge in [0.25, 0.3) is 0 Å². The maximum atomic E-state index is 6.51. The zero-order chi connectivity index (χ0) is 20.5. The number of ether oxygens (including phenoxy) is 2. The Morgan fingerprint density at radius 1 is 1.07 bits per heavy atom. The van der Waals surface area contributed by atoms with Crippen LogP contribution in [0.15, 0.2) is 42.5 Å². The van der Waals surface area contributed by atoms with E-state index in [1.54, 1.807) is 0 Å². The van der Waals surface area contributed by atoms with Gasteiger partial charge >= 0.3 is 0 Å². The van der Waals surface area contributed by atoms with Crippen LogP contribution < -0.4 is 15.3 Å². The number of fused-ring (bicyclic) bond motifs is 1. The van der Waals surface area contributed by atoms with E-state index in [4.69, 9.17) is 15.3 Å². The summed E-state index contributed by atoms with van der Waals surface area (Å²) in [5, 5.41) is 2.05. The van der Waals surface area contributed by atoms with Gasteiger partial charge in [-0.3, -0.25) is 5.84 Å². The molecule has 30 heavy (non-hydrogen) atoms. The van der Waals surface area contributed by atoms with Gasteiger partial charge in [0, 0.05) is 18.5 Å². The Kier molecular flexibility index (Phi) is 5.70. The van der Waals surface area contributed by atoms with E-state index in [2.05, 4.69) is 49.4 Å². The fourth-order valence-electron chi connectivity index (χ4n) is 5.71. The molecule has 0 bridgehead atoms. The van der Waals surface area contributed by atoms with Gasteiger partial charge in [0.2, 0.25) is 0 Å². The van der Waals surface area contributed by atoms with E-state index in [9.17, 15) is 0 Å². The summed E-state index contributed by atoms with van der Waals surface area (Å²) < 4.78 is 12.7. The molecular formula is C26H34N2O2. The second-order valence-electron chi connectivity index (χ2n) is 9.43. The highest BCUT2D eigenvalue weighted by molar-refractivity contribution is 5.50. The molecule has 5 rings (SSSR count). The van der Waals surface area contributed by atoms with Gasteiger partial charge in [0.05, 0.1) is 12.1 Å². The first-order valence-corrected chi connectivity index (χ1v) is 11.7. The Balaban J connectivity index is 1.44. The van der Waals surface area contributed by atoms with Crippen molar-refractivity contribution in [2.45, 2.75) is 76.5 Å². The Morgan fingerprint density at radius 2 is 1.87 bits per heavy atom. The van der Waals surface area contributed by atoms with Crippen molar-refractivity contribution in [2.24, 2.45) is 11.8 Å². The molecule has 4 nitrogen and oxygen atoms in total. The van der Waals surface area contributed by atoms with Gasteiger partial charge in [0.1, 0.15) is 17.6 Å². The number of piperidine rings is 1. The second kappa shape index (κ2) is 8.60. The van der Waals surface area contributed by atoms with Crippen LogP contribution in [0.5, 0.6) is 11.5 Å². The quantitative estimate of drug-likeness (QED) is 0.693. The molecule has 1 saturated carbocycles. The zero-order valence-corrected chi connectivity index (χ0v) is 18.1. The fraction of sp³-hybridized carbons (Fsp3) is 0.538. The molecule has 0 aromatic heterocycles. The largest absolute Gasteiger partial charge is 0.490 e. The van der Waals surface area contributed by atoms with Crippen molar-refractivity contribution in [1.82, 2.24) is 5.01 Å². The molecule has 2 aliphatic heterocycles. The van der Waals surface area contributed by atoms with E-state index in [-0.39, 0.29) is 12.1 Å². The van der Waals surface area contributed by atoms with Gasteiger partial charge in [-0.05, 0) is 81.0 Å². The van der Waals surface area contributed by atoms with Gasteiger partial charge < -0.3 is 9.47 Å². The van der Waals surface area contributed by atoms with Crippen LogP contribution in [-0.2, 0) is 12.8 Å². The third-order valence-electron chi connectivity index (χ3n) is 7.07. The van der Waals surface area contributed by atoms with Crippen molar-refractivity contribution >= 4 is 0 Å². The van der Waals surface area contributed by atoms with Gasteiger partial charge in [0.15, 0.2) is 0 Å². The highest BCUT2D eigenvalue weighted by atomic mass is 16.5. The van der Waals surface area contributed by atoms with Gasteiger partial charge in [-0.2, -0.15) is 0 Å². The lowest BCUT2D eigenvalue weighted by atomic mass is 9.81. The van der Waals surface area contributed by atoms with E-state index in [1.807, 2.05) is 5.01 Å². The minimum atomic E-state index is 0.239. The number of benzene rings is 2. The molecule has 2 N–H and O–H groups in total. The van der Waals surface area contributed by atoms with Crippen molar-refractivity contribution < 1.29 is 9.47 Å². The summed E-state index contributed by atoms with van der Waals surface area (Å²) in [6.07, 6.45) is 9.83. The normalized spacial score (nSPS) is 27.1. The molecular weight excluding hydrogens is 372 g/mol. The van der Waals surface area contributed by atoms with Crippen molar-refractivity contribution in [2.75, 3.05) is 6.54 Å². The predicted octanol–water partition coefficient (Wildman–Crippen LogP) is 5.20. The third-order valence-corrected chi connectivity index (χ3v) is 7.07. The number of hydrazine groups is 1. The Bertz CT molecular complexity index is 863. The third kappa shape index (κ3) is 4.08. The molecule has 2 aromatic carbocycles. The molecule has 2 aromatic rings. The molecule has 2 heterocycles. The number of nitrogens with zero attached hydrogens (tertiary/aromatic N) is 1. The number of nitrogens with two attached hydrogens (primary N) is 1. The summed E-state index contributed by atoms with van der Waals surface area (Å²) in [4.78, 5) is 0. The zero-order valence-electron chi connectivity index (χ0n) is 18.1. The molecule has 1 saturated heterocycles. The SMILES string of the molecule is CC1Cc2cc(OC3CCCC3)cc(C[C@@H]3CCCN(N)[C@@H]3c3ccccc3)c2O1. The fourth-order valence-corrected chi connectivity index (χ4v) is 5.71. The van der Waals surface area contributed by atoms with E-state index in [1.165, 1.54) is 48.8 Å². The van der Waals surface area contributed by atoms with Gasteiger partial charge in [-0.15, -0.1) is 0 Å². The maximum Gasteiger partial charge on any atom is 0.126 e. The molecule has 0 spiro atoms. The van der Waals surface area contributed by atoms with Crippen molar-refractivity contribution in [3.8, 4) is 11.5 Å². The van der Waals surface area contributed by atoms with E-state index < -0.39 is 0 Å². The lowest BCUT2D eigenvalue weighted by molar-refractivity contribution is 0.0920. The summed E-state index contributed by atoms with van der Waals surface area (Å²) in [5.41, 5.74) is 3.92. The van der Waals surface area contributed by atoms with Crippen LogP contribution in [0, 0.1) is 5.92 Å². The van der Waals surface area contributed by atoms with Gasteiger partial charge in [-0.25, -0.2) is 5.01 Å². The number of rotatable bonds is 5. The lowest BCUT2D eigenvalue weighted by Crippen LogP contribution is -2.44. The molecule has 0 amide bonds. The minimum Gasteiger partial charge on any atom is -0.490 e. The summed E-state index contributed by atoms with van der Waals surface area (Å²) in [6, 6.07) is 15.5. The standard InChI is InChI=1S/C26H34N2O2/c1-18-14-21-16-24(30-23-11-5-6-12-23)17-22(26(21)29-18)15-20-10-7-13-28(27)25(20)19-8-3-2-4-9-19/h2-4,8-9,16-18,20,23,25H,5-7,10-15,27H2,1H3/t18?,20-,25+/m0/s1. The molecule has 2 fully saturated rings. The maximum absolute atomic E-state index is 6.51. The van der Waals surface area contributed by atoms with Crippen LogP contribution in [0.25, 0.3) is 0 Å². The second-order valence-corrected chi connectivity index (χ2v) is 9.43. The Morgan fingerprint density at radius 3 is 2.67 bits per heavy atom. The first-order chi connectivity index (χ1) is 14.7. The average molecular weight is 407 g/mol. The number of hydrogen-bond donors (Lipinski definition) is 1. The Labute approximate surface area is 180 Å². The van der Waals surface area contributed by atoms with E-state index in [0.29, 0.717) is 12.0 Å². The summed E-state index contributed by atoms with van der Waals surface area (Å²) in [5.74, 6) is 9.11. The van der Waals surface area contributed by atoms with Crippen LogP contribution in [-0.4, -0.2) is 23.8 Å². The van der Waals surface area contributed by atoms with Crippen molar-refractivity contribution in [1.29, 1.82) is 0 Å². The van der Waals surface area contributed by atoms with Crippen molar-refractivity contribution in [3.05, 3.63) is 59.2 Å². The summed E-state index contributed by atoms with van der Waals surface area (Å²) >= 11 is 0. The van der Waals surface area contributed by atoms with Crippen LogP contribution in [0.3, 0.4) is 0 Å². The topological polar surface area (TPSA) is 47.7 Å². The van der Waals surface area contributed by atoms with Crippen LogP contribution in [0.2, 0.25) is 0 Å². The summed E-state index contributed by atoms with van der Waals surface area (Å²) in [7, 11) is 0. The van der Waals surface area contributed by atoms with E-state index in [0.717, 1.165) is 37.3 Å². The predicted molar refractivity (Wildman–Crippen MR) is 120 cm³/mol. The van der Waals surface area contributed by atoms with Crippen molar-refractivity contribution in [3.63, 3.8) is 0 Å². The highest BCUT2D eigenvalue weighted by Gasteiger charge is 2.33. The smallest absolute Gasteiger partial charge is 0.126 e. The van der Waals surface area contributed by atoms with Gasteiger partial charge in [-0.1, -0.05) is 30.3 Å².